The molecule has 9 heteroatoms. The molecule has 2 heterocycles. The topological polar surface area (TPSA) is 88.2 Å². The molecule has 0 unspecified atom stereocenters. The van der Waals surface area contributed by atoms with Gasteiger partial charge in [0.25, 0.3) is 11.6 Å². The summed E-state index contributed by atoms with van der Waals surface area (Å²) in [5.41, 5.74) is 1.37. The summed E-state index contributed by atoms with van der Waals surface area (Å²) in [5, 5.41) is 11.1. The van der Waals surface area contributed by atoms with Gasteiger partial charge in [-0.15, -0.1) is 0 Å². The van der Waals surface area contributed by atoms with Crippen molar-refractivity contribution in [2.45, 2.75) is 6.54 Å². The molecule has 0 radical (unpaired) electrons. The number of nitro groups is 1. The van der Waals surface area contributed by atoms with Crippen LogP contribution in [0.4, 0.5) is 5.69 Å². The number of nitrogens with zero attached hydrogens (tertiary/aromatic N) is 4. The van der Waals surface area contributed by atoms with Gasteiger partial charge in [-0.25, -0.2) is 4.99 Å². The minimum Gasteiger partial charge on any atom is -0.327 e. The second-order valence-electron chi connectivity index (χ2n) is 6.26. The maximum atomic E-state index is 12.8. The summed E-state index contributed by atoms with van der Waals surface area (Å²) in [7, 11) is 0. The Kier molecular flexibility index (Phi) is 5.12. The average Bonchev–Trinajstić information content (AvgIpc) is 2.84. The zero-order valence-corrected chi connectivity index (χ0v) is 17.1. The molecule has 0 fully saturated rings. The Bertz CT molecular complexity index is 1170. The Morgan fingerprint density at radius 2 is 2.03 bits per heavy atom. The number of carbonyl (C=O) groups is 1. The number of hydrogen-bond acceptors (Lipinski definition) is 4. The smallest absolute Gasteiger partial charge is 0.280 e. The quantitative estimate of drug-likeness (QED) is 0.462. The number of hydrogen-bond donors (Lipinski definition) is 0. The van der Waals surface area contributed by atoms with Gasteiger partial charge >= 0.3 is 0 Å². The fourth-order valence-electron chi connectivity index (χ4n) is 3.00. The predicted molar refractivity (Wildman–Crippen MR) is 115 cm³/mol. The van der Waals surface area contributed by atoms with E-state index in [1.54, 1.807) is 0 Å². The molecule has 0 N–H and O–H groups in total. The van der Waals surface area contributed by atoms with Crippen molar-refractivity contribution < 1.29 is 9.72 Å². The van der Waals surface area contributed by atoms with Gasteiger partial charge in [-0.3, -0.25) is 14.9 Å². The highest BCUT2D eigenvalue weighted by Crippen LogP contribution is 2.26. The van der Waals surface area contributed by atoms with Gasteiger partial charge < -0.3 is 4.90 Å². The second-order valence-corrected chi connectivity index (χ2v) is 7.59. The van der Waals surface area contributed by atoms with Crippen molar-refractivity contribution in [2.75, 3.05) is 0 Å². The third kappa shape index (κ3) is 3.90. The zero-order chi connectivity index (χ0) is 20.5. The molecule has 2 aliphatic rings. The summed E-state index contributed by atoms with van der Waals surface area (Å²) in [6.07, 6.45) is 5.57. The van der Waals surface area contributed by atoms with Crippen molar-refractivity contribution >= 4 is 50.8 Å². The molecule has 29 heavy (non-hydrogen) atoms. The summed E-state index contributed by atoms with van der Waals surface area (Å²) < 4.78 is 0.897. The summed E-state index contributed by atoms with van der Waals surface area (Å²) in [6, 6.07) is 11.2. The van der Waals surface area contributed by atoms with E-state index in [-0.39, 0.29) is 22.1 Å². The number of rotatable bonds is 2. The highest BCUT2D eigenvalue weighted by molar-refractivity contribution is 9.11. The van der Waals surface area contributed by atoms with Gasteiger partial charge in [0, 0.05) is 34.9 Å². The van der Waals surface area contributed by atoms with Gasteiger partial charge in [0.05, 0.1) is 15.5 Å². The minimum atomic E-state index is -0.696. The lowest BCUT2D eigenvalue weighted by molar-refractivity contribution is -0.384. The molecule has 0 bridgehead atoms. The predicted octanol–water partition coefficient (Wildman–Crippen LogP) is 4.86. The monoisotopic (exact) mass is 470 g/mol. The molecule has 2 aliphatic heterocycles. The summed E-state index contributed by atoms with van der Waals surface area (Å²) in [5.74, 6) is 0.153. The summed E-state index contributed by atoms with van der Waals surface area (Å²) in [4.78, 5) is 34.0. The first-order valence-electron chi connectivity index (χ1n) is 8.48. The number of benzene rings is 2. The van der Waals surface area contributed by atoms with Crippen molar-refractivity contribution in [3.8, 4) is 0 Å². The summed E-state index contributed by atoms with van der Waals surface area (Å²) >= 11 is 9.54. The van der Waals surface area contributed by atoms with E-state index in [1.807, 2.05) is 47.5 Å². The lowest BCUT2D eigenvalue weighted by Crippen LogP contribution is -2.24. The number of non-ortho nitro benzene ring substituents is 1. The van der Waals surface area contributed by atoms with Crippen LogP contribution in [0.5, 0.6) is 0 Å². The highest BCUT2D eigenvalue weighted by Gasteiger charge is 2.23. The number of amides is 1. The Balaban J connectivity index is 1.83. The van der Waals surface area contributed by atoms with Crippen LogP contribution in [-0.4, -0.2) is 27.4 Å². The maximum absolute atomic E-state index is 12.8. The van der Waals surface area contributed by atoms with Gasteiger partial charge in [-0.1, -0.05) is 35.9 Å². The van der Waals surface area contributed by atoms with Crippen LogP contribution in [0.2, 0.25) is 5.02 Å². The Morgan fingerprint density at radius 3 is 2.83 bits per heavy atom. The molecule has 0 aliphatic carbocycles. The van der Waals surface area contributed by atoms with Crippen LogP contribution in [-0.2, 0) is 6.54 Å². The van der Waals surface area contributed by atoms with Crippen LogP contribution >= 0.6 is 27.5 Å². The number of allylic oxidation sites excluding steroid dienone is 2. The molecule has 0 saturated heterocycles. The van der Waals surface area contributed by atoms with Crippen molar-refractivity contribution in [3.05, 3.63) is 97.1 Å². The average molecular weight is 472 g/mol. The first-order valence-corrected chi connectivity index (χ1v) is 9.65. The largest absolute Gasteiger partial charge is 0.327 e. The van der Waals surface area contributed by atoms with E-state index < -0.39 is 10.8 Å². The van der Waals surface area contributed by atoms with E-state index in [4.69, 9.17) is 11.6 Å². The SMILES string of the molecule is O=C(N=C1N=C2C=CC(Br)=CN2Cc2ccccc21)c1cc([N+](=O)[O-])ccc1Cl. The minimum absolute atomic E-state index is 0.0472. The molecule has 0 atom stereocenters. The number of halogens is 2. The van der Waals surface area contributed by atoms with Crippen LogP contribution in [0, 0.1) is 10.1 Å². The molecule has 4 rings (SSSR count). The molecule has 2 aromatic rings. The number of aliphatic imine (C=N–C) groups is 2. The van der Waals surface area contributed by atoms with E-state index in [9.17, 15) is 14.9 Å². The van der Waals surface area contributed by atoms with Crippen molar-refractivity contribution in [3.63, 3.8) is 0 Å². The first-order chi connectivity index (χ1) is 13.9. The Labute approximate surface area is 179 Å². The van der Waals surface area contributed by atoms with Crippen LogP contribution in [0.3, 0.4) is 0 Å². The van der Waals surface area contributed by atoms with Crippen molar-refractivity contribution in [1.29, 1.82) is 0 Å². The van der Waals surface area contributed by atoms with Crippen LogP contribution < -0.4 is 0 Å². The van der Waals surface area contributed by atoms with Gasteiger partial charge in [-0.2, -0.15) is 4.99 Å². The van der Waals surface area contributed by atoms with E-state index in [2.05, 4.69) is 25.9 Å². The third-order valence-corrected chi connectivity index (χ3v) is 5.18. The highest BCUT2D eigenvalue weighted by atomic mass is 79.9. The number of carbonyl (C=O) groups excluding carboxylic acids is 1. The van der Waals surface area contributed by atoms with Crippen LogP contribution in [0.25, 0.3) is 0 Å². The molecule has 1 amide bonds. The number of amidine groups is 2. The van der Waals surface area contributed by atoms with Crippen LogP contribution in [0.1, 0.15) is 21.5 Å². The van der Waals surface area contributed by atoms with E-state index in [0.717, 1.165) is 16.1 Å². The van der Waals surface area contributed by atoms with E-state index in [1.165, 1.54) is 12.1 Å². The van der Waals surface area contributed by atoms with Gasteiger partial charge in [0.2, 0.25) is 0 Å². The number of nitro benzene ring substituents is 1. The third-order valence-electron chi connectivity index (χ3n) is 4.38. The Morgan fingerprint density at radius 1 is 1.24 bits per heavy atom. The maximum Gasteiger partial charge on any atom is 0.280 e. The fourth-order valence-corrected chi connectivity index (χ4v) is 3.57. The fraction of sp³-hybridized carbons (Fsp3) is 0.0500. The van der Waals surface area contributed by atoms with Crippen molar-refractivity contribution in [2.24, 2.45) is 9.98 Å². The van der Waals surface area contributed by atoms with Crippen molar-refractivity contribution in [1.82, 2.24) is 4.90 Å². The second kappa shape index (κ2) is 7.73. The van der Waals surface area contributed by atoms with Crippen LogP contribution in [0.15, 0.2) is 75.3 Å². The molecule has 2 aromatic carbocycles. The lowest BCUT2D eigenvalue weighted by Gasteiger charge is -2.21. The molecule has 144 valence electrons. The van der Waals surface area contributed by atoms with E-state index >= 15 is 0 Å². The molecule has 0 saturated carbocycles. The normalized spacial score (nSPS) is 16.5. The Hall–Kier alpha value is -3.10. The number of fused-ring (bicyclic) bond motifs is 2. The molecule has 7 nitrogen and oxygen atoms in total. The molecular weight excluding hydrogens is 460 g/mol. The molecule has 0 aromatic heterocycles. The first kappa shape index (κ1) is 19.2. The van der Waals surface area contributed by atoms with E-state index in [0.29, 0.717) is 17.9 Å². The molecular formula is C20H12BrClN4O3. The molecule has 0 spiro atoms. The standard InChI is InChI=1S/C20H12BrClN4O3/c21-13-5-8-18-23-19(15-4-2-1-3-12(15)10-25(18)11-13)24-20(27)16-9-14(26(28)29)6-7-17(16)22/h1-9,11H,10H2. The van der Waals surface area contributed by atoms with Gasteiger partial charge in [-0.05, 0) is 39.7 Å². The van der Waals surface area contributed by atoms with Gasteiger partial charge in [0.1, 0.15) is 5.84 Å². The summed E-state index contributed by atoms with van der Waals surface area (Å²) in [6.45, 7) is 0.555. The lowest BCUT2D eigenvalue weighted by atomic mass is 10.1. The van der Waals surface area contributed by atoms with Gasteiger partial charge in [0.15, 0.2) is 5.84 Å². The zero-order valence-electron chi connectivity index (χ0n) is 14.8.